The maximum absolute atomic E-state index is 11.8. The number of nitrogens with one attached hydrogen (secondary N) is 1. The van der Waals surface area contributed by atoms with Crippen molar-refractivity contribution in [3.05, 3.63) is 29.8 Å². The zero-order valence-electron chi connectivity index (χ0n) is 12.8. The first-order chi connectivity index (χ1) is 10.2. The van der Waals surface area contributed by atoms with Crippen LogP contribution in [0.5, 0.6) is 0 Å². The van der Waals surface area contributed by atoms with Crippen LogP contribution in [0.1, 0.15) is 38.7 Å². The minimum atomic E-state index is 0.0586. The van der Waals surface area contributed by atoms with E-state index in [4.69, 9.17) is 4.98 Å². The number of carbonyl (C=O) groups excluding carboxylic acids is 1. The molecule has 0 aliphatic carbocycles. The second kappa shape index (κ2) is 5.35. The van der Waals surface area contributed by atoms with E-state index in [-0.39, 0.29) is 11.8 Å². The fourth-order valence-corrected chi connectivity index (χ4v) is 3.19. The molecule has 0 saturated carbocycles. The quantitative estimate of drug-likeness (QED) is 0.937. The maximum Gasteiger partial charge on any atom is 0.226 e. The Morgan fingerprint density at radius 3 is 2.57 bits per heavy atom. The van der Waals surface area contributed by atoms with Gasteiger partial charge in [-0.25, -0.2) is 4.98 Å². The fraction of sp³-hybridized carbons (Fsp3) is 0.412. The summed E-state index contributed by atoms with van der Waals surface area (Å²) in [7, 11) is 0. The number of aromatic nitrogens is 1. The van der Waals surface area contributed by atoms with Crippen molar-refractivity contribution in [2.75, 3.05) is 23.3 Å². The number of nitrogens with zero attached hydrogens (tertiary/aromatic N) is 2. The minimum Gasteiger partial charge on any atom is -0.357 e. The van der Waals surface area contributed by atoms with E-state index in [2.05, 4.69) is 55.3 Å². The predicted molar refractivity (Wildman–Crippen MR) is 87.0 cm³/mol. The van der Waals surface area contributed by atoms with E-state index in [0.29, 0.717) is 6.42 Å². The molecule has 0 spiro atoms. The number of amides is 1. The Bertz CT molecular complexity index is 692. The summed E-state index contributed by atoms with van der Waals surface area (Å²) in [5.41, 5.74) is 1.17. The molecule has 21 heavy (non-hydrogen) atoms. The van der Waals surface area contributed by atoms with E-state index in [0.717, 1.165) is 24.7 Å². The average Bonchev–Trinajstić information content (AvgIpc) is 2.47. The fourth-order valence-electron chi connectivity index (χ4n) is 3.19. The lowest BCUT2D eigenvalue weighted by molar-refractivity contribution is -0.116. The van der Waals surface area contributed by atoms with E-state index in [1.807, 2.05) is 0 Å². The van der Waals surface area contributed by atoms with Crippen molar-refractivity contribution in [3.8, 4) is 0 Å². The van der Waals surface area contributed by atoms with Crippen molar-refractivity contribution in [1.29, 1.82) is 0 Å². The number of hydrogen-bond acceptors (Lipinski definition) is 3. The monoisotopic (exact) mass is 283 g/mol. The average molecular weight is 283 g/mol. The van der Waals surface area contributed by atoms with Gasteiger partial charge in [-0.1, -0.05) is 31.2 Å². The zero-order valence-corrected chi connectivity index (χ0v) is 12.8. The van der Waals surface area contributed by atoms with E-state index in [1.54, 1.807) is 0 Å². The second-order valence-corrected chi connectivity index (χ2v) is 5.57. The van der Waals surface area contributed by atoms with Crippen molar-refractivity contribution in [2.24, 2.45) is 0 Å². The molecule has 0 bridgehead atoms. The summed E-state index contributed by atoms with van der Waals surface area (Å²) in [4.78, 5) is 18.8. The zero-order chi connectivity index (χ0) is 15.0. The van der Waals surface area contributed by atoms with Crippen LogP contribution in [0, 0.1) is 0 Å². The van der Waals surface area contributed by atoms with Gasteiger partial charge < -0.3 is 10.2 Å². The molecule has 1 atom stereocenters. The molecule has 3 rings (SSSR count). The highest BCUT2D eigenvalue weighted by atomic mass is 16.1. The smallest absolute Gasteiger partial charge is 0.226 e. The van der Waals surface area contributed by atoms with E-state index < -0.39 is 0 Å². The Morgan fingerprint density at radius 1 is 1.24 bits per heavy atom. The molecule has 0 saturated heterocycles. The molecule has 2 aromatic rings. The number of fused-ring (bicyclic) bond motifs is 3. The van der Waals surface area contributed by atoms with Gasteiger partial charge in [0.25, 0.3) is 0 Å². The topological polar surface area (TPSA) is 45.2 Å². The molecule has 1 amide bonds. The molecular weight excluding hydrogens is 262 g/mol. The molecule has 1 aliphatic heterocycles. The Hall–Kier alpha value is -2.10. The van der Waals surface area contributed by atoms with Crippen molar-refractivity contribution >= 4 is 28.3 Å². The first-order valence-corrected chi connectivity index (χ1v) is 7.63. The van der Waals surface area contributed by atoms with Gasteiger partial charge >= 0.3 is 0 Å². The number of hydrogen-bond donors (Lipinski definition) is 1. The van der Waals surface area contributed by atoms with Gasteiger partial charge in [0.2, 0.25) is 5.91 Å². The highest BCUT2D eigenvalue weighted by Gasteiger charge is 2.27. The number of anilines is 2. The standard InChI is InChI=1S/C17H21N3O/c1-4-20(5-2)17-13-9-7-6-8-12(13)15-11(3)10-14(21)18-16(15)19-17/h6-9,11H,4-5,10H2,1-3H3,(H,18,19,21). The largest absolute Gasteiger partial charge is 0.357 e. The van der Waals surface area contributed by atoms with Crippen LogP contribution in [0.15, 0.2) is 24.3 Å². The van der Waals surface area contributed by atoms with Crippen LogP contribution in [0.25, 0.3) is 10.8 Å². The van der Waals surface area contributed by atoms with Gasteiger partial charge in [-0.2, -0.15) is 0 Å². The van der Waals surface area contributed by atoms with Crippen molar-refractivity contribution < 1.29 is 4.79 Å². The number of benzene rings is 1. The van der Waals surface area contributed by atoms with Gasteiger partial charge in [-0.15, -0.1) is 0 Å². The lowest BCUT2D eigenvalue weighted by Gasteiger charge is -2.28. The summed E-state index contributed by atoms with van der Waals surface area (Å²) in [6.45, 7) is 8.15. The molecule has 1 N–H and O–H groups in total. The van der Waals surface area contributed by atoms with E-state index >= 15 is 0 Å². The van der Waals surface area contributed by atoms with Gasteiger partial charge in [-0.05, 0) is 25.2 Å². The lowest BCUT2D eigenvalue weighted by atomic mass is 9.90. The molecule has 4 nitrogen and oxygen atoms in total. The van der Waals surface area contributed by atoms with Crippen LogP contribution in [0.4, 0.5) is 11.6 Å². The number of carbonyl (C=O) groups is 1. The lowest BCUT2D eigenvalue weighted by Crippen LogP contribution is -2.27. The van der Waals surface area contributed by atoms with Gasteiger partial charge in [-0.3, -0.25) is 4.79 Å². The predicted octanol–water partition coefficient (Wildman–Crippen LogP) is 3.53. The van der Waals surface area contributed by atoms with Crippen LogP contribution < -0.4 is 10.2 Å². The molecule has 1 unspecified atom stereocenters. The Balaban J connectivity index is 2.31. The Kier molecular flexibility index (Phi) is 3.53. The molecular formula is C17H21N3O. The van der Waals surface area contributed by atoms with Crippen molar-refractivity contribution in [1.82, 2.24) is 4.98 Å². The first kappa shape index (κ1) is 13.9. The molecule has 4 heteroatoms. The first-order valence-electron chi connectivity index (χ1n) is 7.63. The minimum absolute atomic E-state index is 0.0586. The molecule has 1 aliphatic rings. The third kappa shape index (κ3) is 2.24. The van der Waals surface area contributed by atoms with Crippen molar-refractivity contribution in [2.45, 2.75) is 33.1 Å². The van der Waals surface area contributed by atoms with Crippen LogP contribution in [0.3, 0.4) is 0 Å². The van der Waals surface area contributed by atoms with Crippen LogP contribution in [0.2, 0.25) is 0 Å². The van der Waals surface area contributed by atoms with Gasteiger partial charge in [0, 0.05) is 30.5 Å². The highest BCUT2D eigenvalue weighted by molar-refractivity contribution is 6.03. The Labute approximate surface area is 125 Å². The third-order valence-electron chi connectivity index (χ3n) is 4.24. The van der Waals surface area contributed by atoms with Crippen molar-refractivity contribution in [3.63, 3.8) is 0 Å². The summed E-state index contributed by atoms with van der Waals surface area (Å²) in [5.74, 6) is 1.96. The summed E-state index contributed by atoms with van der Waals surface area (Å²) < 4.78 is 0. The Morgan fingerprint density at radius 2 is 1.90 bits per heavy atom. The van der Waals surface area contributed by atoms with E-state index in [1.165, 1.54) is 16.3 Å². The van der Waals surface area contributed by atoms with Gasteiger partial charge in [0.05, 0.1) is 0 Å². The third-order valence-corrected chi connectivity index (χ3v) is 4.24. The van der Waals surface area contributed by atoms with Crippen LogP contribution in [-0.4, -0.2) is 24.0 Å². The summed E-state index contributed by atoms with van der Waals surface area (Å²) >= 11 is 0. The van der Waals surface area contributed by atoms with Gasteiger partial charge in [0.1, 0.15) is 11.6 Å². The summed E-state index contributed by atoms with van der Waals surface area (Å²) in [6.07, 6.45) is 0.531. The van der Waals surface area contributed by atoms with E-state index in [9.17, 15) is 4.79 Å². The molecule has 1 aromatic carbocycles. The van der Waals surface area contributed by atoms with Gasteiger partial charge in [0.15, 0.2) is 0 Å². The van der Waals surface area contributed by atoms with Crippen LogP contribution >= 0.6 is 0 Å². The van der Waals surface area contributed by atoms with Crippen LogP contribution in [-0.2, 0) is 4.79 Å². The number of rotatable bonds is 3. The molecule has 2 heterocycles. The molecule has 0 fully saturated rings. The molecule has 110 valence electrons. The summed E-state index contributed by atoms with van der Waals surface area (Å²) in [6, 6.07) is 8.36. The molecule has 0 radical (unpaired) electrons. The summed E-state index contributed by atoms with van der Waals surface area (Å²) in [5, 5.41) is 5.32. The highest BCUT2D eigenvalue weighted by Crippen LogP contribution is 2.39. The molecule has 1 aromatic heterocycles. The number of pyridine rings is 1. The second-order valence-electron chi connectivity index (χ2n) is 5.57. The maximum atomic E-state index is 11.8. The SMILES string of the molecule is CCN(CC)c1nc2c(c3ccccc13)C(C)CC(=O)N2. The normalized spacial score (nSPS) is 17.5.